The van der Waals surface area contributed by atoms with Crippen molar-refractivity contribution in [1.29, 1.82) is 0 Å². The second kappa shape index (κ2) is 5.98. The number of pyridine rings is 1. The third-order valence-corrected chi connectivity index (χ3v) is 3.41. The zero-order valence-electron chi connectivity index (χ0n) is 10.1. The van der Waals surface area contributed by atoms with Gasteiger partial charge in [-0.2, -0.15) is 0 Å². The first kappa shape index (κ1) is 13.1. The number of aliphatic hydroxyl groups excluding tert-OH is 1. The summed E-state index contributed by atoms with van der Waals surface area (Å²) >= 11 is 3.48. The highest BCUT2D eigenvalue weighted by molar-refractivity contribution is 9.10. The van der Waals surface area contributed by atoms with E-state index in [0.717, 1.165) is 21.4 Å². The first-order valence-electron chi connectivity index (χ1n) is 5.75. The predicted molar refractivity (Wildman–Crippen MR) is 76.6 cm³/mol. The van der Waals surface area contributed by atoms with Crippen molar-refractivity contribution in [3.05, 3.63) is 58.3 Å². The predicted octanol–water partition coefficient (Wildman–Crippen LogP) is 3.30. The molecule has 1 unspecified atom stereocenters. The van der Waals surface area contributed by atoms with Crippen molar-refractivity contribution in [3.63, 3.8) is 0 Å². The smallest absolute Gasteiger partial charge is 0.0760 e. The molecule has 1 aromatic carbocycles. The molecule has 0 aliphatic rings. The molecule has 0 aliphatic heterocycles. The number of hydrogen-bond donors (Lipinski definition) is 2. The molecule has 0 fully saturated rings. The number of rotatable bonds is 4. The van der Waals surface area contributed by atoms with Crippen LogP contribution in [0.2, 0.25) is 0 Å². The van der Waals surface area contributed by atoms with E-state index in [-0.39, 0.29) is 12.6 Å². The normalized spacial score (nSPS) is 12.2. The van der Waals surface area contributed by atoms with E-state index in [9.17, 15) is 5.11 Å². The van der Waals surface area contributed by atoms with Crippen LogP contribution in [0.1, 0.15) is 17.3 Å². The summed E-state index contributed by atoms with van der Waals surface area (Å²) in [5.74, 6) is 0. The highest BCUT2D eigenvalue weighted by Gasteiger charge is 2.11. The molecule has 2 N–H and O–H groups in total. The highest BCUT2D eigenvalue weighted by Crippen LogP contribution is 2.25. The Morgan fingerprint density at radius 1 is 1.28 bits per heavy atom. The second-order valence-electron chi connectivity index (χ2n) is 4.09. The lowest BCUT2D eigenvalue weighted by Crippen LogP contribution is -2.15. The van der Waals surface area contributed by atoms with Gasteiger partial charge < -0.3 is 10.4 Å². The maximum atomic E-state index is 9.50. The zero-order valence-corrected chi connectivity index (χ0v) is 11.7. The molecule has 0 aliphatic carbocycles. The summed E-state index contributed by atoms with van der Waals surface area (Å²) in [7, 11) is 0. The molecule has 0 spiro atoms. The average Bonchev–Trinajstić information content (AvgIpc) is 2.39. The molecule has 0 amide bonds. The van der Waals surface area contributed by atoms with Gasteiger partial charge in [0.15, 0.2) is 0 Å². The van der Waals surface area contributed by atoms with Crippen molar-refractivity contribution < 1.29 is 5.11 Å². The summed E-state index contributed by atoms with van der Waals surface area (Å²) in [6.07, 6.45) is 1.79. The monoisotopic (exact) mass is 306 g/mol. The molecular formula is C14H15BrN2O. The summed E-state index contributed by atoms with van der Waals surface area (Å²) in [5.41, 5.74) is 2.90. The summed E-state index contributed by atoms with van der Waals surface area (Å²) in [6.45, 7) is 1.96. The van der Waals surface area contributed by atoms with Crippen LogP contribution >= 0.6 is 15.9 Å². The average molecular weight is 307 g/mol. The van der Waals surface area contributed by atoms with Gasteiger partial charge in [-0.25, -0.2) is 0 Å². The first-order chi connectivity index (χ1) is 8.70. The van der Waals surface area contributed by atoms with Gasteiger partial charge in [-0.05, 0) is 46.6 Å². The van der Waals surface area contributed by atoms with Gasteiger partial charge in [0.25, 0.3) is 0 Å². The lowest BCUT2D eigenvalue weighted by molar-refractivity contribution is 0.276. The second-order valence-corrected chi connectivity index (χ2v) is 4.95. The quantitative estimate of drug-likeness (QED) is 0.911. The Bertz CT molecular complexity index is 513. The molecule has 1 heterocycles. The Labute approximate surface area is 115 Å². The first-order valence-corrected chi connectivity index (χ1v) is 6.54. The number of para-hydroxylation sites is 1. The maximum Gasteiger partial charge on any atom is 0.0760 e. The van der Waals surface area contributed by atoms with Gasteiger partial charge in [0, 0.05) is 22.1 Å². The van der Waals surface area contributed by atoms with E-state index >= 15 is 0 Å². The number of anilines is 1. The third-order valence-electron chi connectivity index (χ3n) is 2.72. The molecule has 18 heavy (non-hydrogen) atoms. The summed E-state index contributed by atoms with van der Waals surface area (Å²) in [5, 5.41) is 12.8. The van der Waals surface area contributed by atoms with Crippen molar-refractivity contribution in [2.45, 2.75) is 13.0 Å². The van der Waals surface area contributed by atoms with Gasteiger partial charge in [-0.3, -0.25) is 4.98 Å². The molecule has 2 rings (SSSR count). The number of hydrogen-bond acceptors (Lipinski definition) is 3. The largest absolute Gasteiger partial charge is 0.394 e. The van der Waals surface area contributed by atoms with E-state index in [4.69, 9.17) is 0 Å². The summed E-state index contributed by atoms with van der Waals surface area (Å²) in [6, 6.07) is 11.6. The maximum absolute atomic E-state index is 9.50. The fourth-order valence-corrected chi connectivity index (χ4v) is 2.08. The molecule has 4 heteroatoms. The van der Waals surface area contributed by atoms with E-state index in [1.807, 2.05) is 43.3 Å². The minimum atomic E-state index is -0.156. The van der Waals surface area contributed by atoms with Crippen LogP contribution in [0, 0.1) is 6.92 Å². The highest BCUT2D eigenvalue weighted by atomic mass is 79.9. The number of halogens is 1. The molecular weight excluding hydrogens is 292 g/mol. The van der Waals surface area contributed by atoms with Crippen LogP contribution in [0.4, 0.5) is 5.69 Å². The van der Waals surface area contributed by atoms with Crippen LogP contribution in [0.5, 0.6) is 0 Å². The van der Waals surface area contributed by atoms with Crippen molar-refractivity contribution in [1.82, 2.24) is 4.98 Å². The molecule has 0 saturated heterocycles. The van der Waals surface area contributed by atoms with Crippen LogP contribution in [-0.4, -0.2) is 16.7 Å². The van der Waals surface area contributed by atoms with Crippen molar-refractivity contribution in [2.75, 3.05) is 11.9 Å². The Kier molecular flexibility index (Phi) is 4.33. The number of aryl methyl sites for hydroxylation is 1. The third kappa shape index (κ3) is 3.09. The SMILES string of the molecule is Cc1ccc(C(CO)Nc2ccccc2Br)cn1. The fourth-order valence-electron chi connectivity index (χ4n) is 1.69. The van der Waals surface area contributed by atoms with Crippen LogP contribution in [0.3, 0.4) is 0 Å². The van der Waals surface area contributed by atoms with Crippen LogP contribution in [0.25, 0.3) is 0 Å². The zero-order chi connectivity index (χ0) is 13.0. The number of nitrogens with zero attached hydrogens (tertiary/aromatic N) is 1. The Morgan fingerprint density at radius 2 is 2.06 bits per heavy atom. The molecule has 1 atom stereocenters. The Balaban J connectivity index is 2.20. The van der Waals surface area contributed by atoms with Gasteiger partial charge in [-0.15, -0.1) is 0 Å². The van der Waals surface area contributed by atoms with Gasteiger partial charge in [0.05, 0.1) is 12.6 Å². The van der Waals surface area contributed by atoms with Gasteiger partial charge >= 0.3 is 0 Å². The Hall–Kier alpha value is -1.39. The molecule has 2 aromatic rings. The van der Waals surface area contributed by atoms with E-state index in [1.54, 1.807) is 6.20 Å². The minimum Gasteiger partial charge on any atom is -0.394 e. The number of benzene rings is 1. The summed E-state index contributed by atoms with van der Waals surface area (Å²) < 4.78 is 0.975. The van der Waals surface area contributed by atoms with E-state index in [1.165, 1.54) is 0 Å². The molecule has 0 saturated carbocycles. The van der Waals surface area contributed by atoms with E-state index < -0.39 is 0 Å². The minimum absolute atomic E-state index is 0.0199. The molecule has 0 bridgehead atoms. The van der Waals surface area contributed by atoms with Crippen LogP contribution in [-0.2, 0) is 0 Å². The molecule has 1 aromatic heterocycles. The van der Waals surface area contributed by atoms with Crippen LogP contribution in [0.15, 0.2) is 47.1 Å². The number of aliphatic hydroxyl groups is 1. The number of aromatic nitrogens is 1. The van der Waals surface area contributed by atoms with Gasteiger partial charge in [-0.1, -0.05) is 18.2 Å². The summed E-state index contributed by atoms with van der Waals surface area (Å²) in [4.78, 5) is 4.25. The van der Waals surface area contributed by atoms with Gasteiger partial charge in [0.2, 0.25) is 0 Å². The van der Waals surface area contributed by atoms with E-state index in [0.29, 0.717) is 0 Å². The molecule has 3 nitrogen and oxygen atoms in total. The molecule has 94 valence electrons. The topological polar surface area (TPSA) is 45.1 Å². The van der Waals surface area contributed by atoms with E-state index in [2.05, 4.69) is 26.2 Å². The molecule has 0 radical (unpaired) electrons. The van der Waals surface area contributed by atoms with Crippen LogP contribution < -0.4 is 5.32 Å². The van der Waals surface area contributed by atoms with Crippen molar-refractivity contribution in [2.24, 2.45) is 0 Å². The standard InChI is InChI=1S/C14H15BrN2O/c1-10-6-7-11(8-16-10)14(9-18)17-13-5-3-2-4-12(13)15/h2-8,14,17-18H,9H2,1H3. The van der Waals surface area contributed by atoms with Crippen molar-refractivity contribution >= 4 is 21.6 Å². The fraction of sp³-hybridized carbons (Fsp3) is 0.214. The van der Waals surface area contributed by atoms with Gasteiger partial charge in [0.1, 0.15) is 0 Å². The Morgan fingerprint density at radius 3 is 2.67 bits per heavy atom. The lowest BCUT2D eigenvalue weighted by Gasteiger charge is -2.18. The van der Waals surface area contributed by atoms with Crippen molar-refractivity contribution in [3.8, 4) is 0 Å². The lowest BCUT2D eigenvalue weighted by atomic mass is 10.1. The number of nitrogens with one attached hydrogen (secondary N) is 1.